The molecule has 0 bridgehead atoms. The summed E-state index contributed by atoms with van der Waals surface area (Å²) < 4.78 is 8.13. The van der Waals surface area contributed by atoms with Gasteiger partial charge in [0, 0.05) is 48.7 Å². The van der Waals surface area contributed by atoms with E-state index in [2.05, 4.69) is 48.2 Å². The number of rotatable bonds is 6. The van der Waals surface area contributed by atoms with Gasteiger partial charge in [-0.25, -0.2) is 0 Å². The van der Waals surface area contributed by atoms with E-state index in [1.807, 2.05) is 29.8 Å². The molecule has 6 heteroatoms. The zero-order valence-electron chi connectivity index (χ0n) is 17.9. The van der Waals surface area contributed by atoms with Crippen molar-refractivity contribution in [2.45, 2.75) is 46.4 Å². The first-order valence-electron chi connectivity index (χ1n) is 10.6. The van der Waals surface area contributed by atoms with Gasteiger partial charge in [-0.15, -0.1) is 0 Å². The molecule has 158 valence electrons. The summed E-state index contributed by atoms with van der Waals surface area (Å²) in [5, 5.41) is 5.38. The molecule has 3 heterocycles. The van der Waals surface area contributed by atoms with Gasteiger partial charge in [-0.3, -0.25) is 14.6 Å². The second kappa shape index (κ2) is 9.29. The minimum Gasteiger partial charge on any atom is -0.369 e. The summed E-state index contributed by atoms with van der Waals surface area (Å²) in [6.07, 6.45) is 2.93. The van der Waals surface area contributed by atoms with Gasteiger partial charge in [0.2, 0.25) is 0 Å². The first kappa shape index (κ1) is 21.0. The maximum atomic E-state index is 6.37. The third-order valence-electron chi connectivity index (χ3n) is 5.63. The lowest BCUT2D eigenvalue weighted by molar-refractivity contribution is -0.0351. The number of ether oxygens (including phenoxy) is 1. The molecule has 1 atom stereocenters. The number of aryl methyl sites for hydroxylation is 3. The molecule has 2 aromatic heterocycles. The predicted molar refractivity (Wildman–Crippen MR) is 120 cm³/mol. The first-order valence-corrected chi connectivity index (χ1v) is 11.0. The molecular formula is C24H29ClN4O. The molecule has 30 heavy (non-hydrogen) atoms. The average molecular weight is 425 g/mol. The summed E-state index contributed by atoms with van der Waals surface area (Å²) in [5.41, 5.74) is 6.75. The summed E-state index contributed by atoms with van der Waals surface area (Å²) in [4.78, 5) is 7.24. The summed E-state index contributed by atoms with van der Waals surface area (Å²) in [5.74, 6) is 0. The van der Waals surface area contributed by atoms with Crippen LogP contribution in [0.3, 0.4) is 0 Å². The lowest BCUT2D eigenvalue weighted by Gasteiger charge is -2.32. The van der Waals surface area contributed by atoms with Crippen LogP contribution in [-0.4, -0.2) is 39.4 Å². The average Bonchev–Trinajstić information content (AvgIpc) is 3.09. The smallest absolute Gasteiger partial charge is 0.112 e. The Labute approximate surface area is 183 Å². The number of nitrogens with zero attached hydrogens (tertiary/aromatic N) is 4. The van der Waals surface area contributed by atoms with Crippen molar-refractivity contribution in [3.8, 4) is 0 Å². The van der Waals surface area contributed by atoms with E-state index in [4.69, 9.17) is 21.3 Å². The largest absolute Gasteiger partial charge is 0.369 e. The zero-order chi connectivity index (χ0) is 21.1. The highest BCUT2D eigenvalue weighted by molar-refractivity contribution is 6.31. The summed E-state index contributed by atoms with van der Waals surface area (Å²) in [6, 6.07) is 12.3. The standard InChI is InChI=1S/C24H29ClN4O/c1-4-29-15-21(18(3)27-29)14-28-9-10-30-24(16-28)23-13-19(11-17(2)26-23)12-20-7-5-6-8-22(20)25/h5-8,11,13,15,24H,4,9-10,12,14,16H2,1-3H3. The van der Waals surface area contributed by atoms with Gasteiger partial charge in [0.15, 0.2) is 0 Å². The lowest BCUT2D eigenvalue weighted by Crippen LogP contribution is -2.38. The van der Waals surface area contributed by atoms with E-state index in [0.29, 0.717) is 6.61 Å². The van der Waals surface area contributed by atoms with Crippen molar-refractivity contribution in [1.29, 1.82) is 0 Å². The van der Waals surface area contributed by atoms with Gasteiger partial charge >= 0.3 is 0 Å². The Balaban J connectivity index is 1.49. The number of hydrogen-bond acceptors (Lipinski definition) is 4. The Morgan fingerprint density at radius 2 is 2.00 bits per heavy atom. The first-order chi connectivity index (χ1) is 14.5. The number of hydrogen-bond donors (Lipinski definition) is 0. The minimum absolute atomic E-state index is 0.0230. The lowest BCUT2D eigenvalue weighted by atomic mass is 10.0. The molecule has 0 saturated carbocycles. The van der Waals surface area contributed by atoms with Crippen molar-refractivity contribution in [2.24, 2.45) is 0 Å². The third-order valence-corrected chi connectivity index (χ3v) is 6.00. The van der Waals surface area contributed by atoms with Gasteiger partial charge in [0.25, 0.3) is 0 Å². The van der Waals surface area contributed by atoms with Crippen LogP contribution >= 0.6 is 11.6 Å². The Morgan fingerprint density at radius 3 is 2.77 bits per heavy atom. The highest BCUT2D eigenvalue weighted by Gasteiger charge is 2.24. The van der Waals surface area contributed by atoms with Crippen LogP contribution < -0.4 is 0 Å². The number of halogens is 1. The highest BCUT2D eigenvalue weighted by Crippen LogP contribution is 2.26. The van der Waals surface area contributed by atoms with Crippen LogP contribution in [0.5, 0.6) is 0 Å². The van der Waals surface area contributed by atoms with E-state index >= 15 is 0 Å². The molecule has 0 spiro atoms. The molecule has 1 unspecified atom stereocenters. The highest BCUT2D eigenvalue weighted by atomic mass is 35.5. The summed E-state index contributed by atoms with van der Waals surface area (Å²) >= 11 is 6.37. The molecule has 3 aromatic rings. The molecule has 1 aliphatic rings. The van der Waals surface area contributed by atoms with Crippen LogP contribution in [0.1, 0.15) is 46.8 Å². The van der Waals surface area contributed by atoms with Gasteiger partial charge in [-0.05, 0) is 56.5 Å². The molecule has 5 nitrogen and oxygen atoms in total. The summed E-state index contributed by atoms with van der Waals surface area (Å²) in [6.45, 7) is 10.5. The van der Waals surface area contributed by atoms with E-state index in [1.165, 1.54) is 11.1 Å². The van der Waals surface area contributed by atoms with E-state index in [-0.39, 0.29) is 6.10 Å². The van der Waals surface area contributed by atoms with E-state index in [9.17, 15) is 0 Å². The monoisotopic (exact) mass is 424 g/mol. The Hall–Kier alpha value is -2.21. The fraction of sp³-hybridized carbons (Fsp3) is 0.417. The fourth-order valence-corrected chi connectivity index (χ4v) is 4.24. The molecular weight excluding hydrogens is 396 g/mol. The number of aromatic nitrogens is 3. The maximum absolute atomic E-state index is 6.37. The van der Waals surface area contributed by atoms with Gasteiger partial charge in [0.05, 0.1) is 18.0 Å². The van der Waals surface area contributed by atoms with Gasteiger partial charge < -0.3 is 4.74 Å². The molecule has 4 rings (SSSR count). The molecule has 1 saturated heterocycles. The van der Waals surface area contributed by atoms with Crippen molar-refractivity contribution in [3.05, 3.63) is 81.4 Å². The molecule has 1 fully saturated rings. The second-order valence-electron chi connectivity index (χ2n) is 8.00. The molecule has 0 N–H and O–H groups in total. The number of benzene rings is 1. The molecule has 0 aliphatic carbocycles. The molecule has 1 aromatic carbocycles. The van der Waals surface area contributed by atoms with Crippen LogP contribution in [0.2, 0.25) is 5.02 Å². The Morgan fingerprint density at radius 1 is 1.17 bits per heavy atom. The zero-order valence-corrected chi connectivity index (χ0v) is 18.7. The SMILES string of the molecule is CCn1cc(CN2CCOC(c3cc(Cc4ccccc4Cl)cc(C)n3)C2)c(C)n1. The Kier molecular flexibility index (Phi) is 6.52. The maximum Gasteiger partial charge on any atom is 0.112 e. The predicted octanol–water partition coefficient (Wildman–Crippen LogP) is 4.73. The summed E-state index contributed by atoms with van der Waals surface area (Å²) in [7, 11) is 0. The van der Waals surface area contributed by atoms with E-state index < -0.39 is 0 Å². The molecule has 1 aliphatic heterocycles. The minimum atomic E-state index is -0.0230. The normalized spacial score (nSPS) is 17.4. The van der Waals surface area contributed by atoms with Crippen molar-refractivity contribution in [2.75, 3.05) is 19.7 Å². The van der Waals surface area contributed by atoms with Crippen LogP contribution in [0.4, 0.5) is 0 Å². The molecule has 0 amide bonds. The Bertz CT molecular complexity index is 1020. The molecule has 0 radical (unpaired) electrons. The van der Waals surface area contributed by atoms with Crippen molar-refractivity contribution in [3.63, 3.8) is 0 Å². The van der Waals surface area contributed by atoms with E-state index in [0.717, 1.165) is 60.3 Å². The second-order valence-corrected chi connectivity index (χ2v) is 8.41. The van der Waals surface area contributed by atoms with Crippen LogP contribution in [0.25, 0.3) is 0 Å². The van der Waals surface area contributed by atoms with Crippen LogP contribution in [0.15, 0.2) is 42.6 Å². The van der Waals surface area contributed by atoms with Crippen molar-refractivity contribution in [1.82, 2.24) is 19.7 Å². The van der Waals surface area contributed by atoms with Crippen molar-refractivity contribution >= 4 is 11.6 Å². The van der Waals surface area contributed by atoms with Gasteiger partial charge in [-0.1, -0.05) is 29.8 Å². The van der Waals surface area contributed by atoms with Crippen molar-refractivity contribution < 1.29 is 4.74 Å². The van der Waals surface area contributed by atoms with Gasteiger partial charge in [0.1, 0.15) is 6.10 Å². The van der Waals surface area contributed by atoms with Crippen LogP contribution in [-0.2, 0) is 24.2 Å². The topological polar surface area (TPSA) is 43.2 Å². The van der Waals surface area contributed by atoms with E-state index in [1.54, 1.807) is 0 Å². The third kappa shape index (κ3) is 4.91. The fourth-order valence-electron chi connectivity index (χ4n) is 4.04. The van der Waals surface area contributed by atoms with Crippen LogP contribution in [0, 0.1) is 13.8 Å². The van der Waals surface area contributed by atoms with Gasteiger partial charge in [-0.2, -0.15) is 5.10 Å². The number of morpholine rings is 1. The quantitative estimate of drug-likeness (QED) is 0.573. The number of pyridine rings is 1.